The van der Waals surface area contributed by atoms with Gasteiger partial charge in [0.2, 0.25) is 0 Å². The van der Waals surface area contributed by atoms with E-state index in [4.69, 9.17) is 5.73 Å². The summed E-state index contributed by atoms with van der Waals surface area (Å²) in [5, 5.41) is 3.56. The highest BCUT2D eigenvalue weighted by Gasteiger charge is 2.22. The molecule has 0 aliphatic carbocycles. The summed E-state index contributed by atoms with van der Waals surface area (Å²) in [6.07, 6.45) is 2.27. The molecule has 0 bridgehead atoms. The predicted molar refractivity (Wildman–Crippen MR) is 84.8 cm³/mol. The fourth-order valence-electron chi connectivity index (χ4n) is 2.58. The molecule has 0 heterocycles. The molecule has 0 saturated carbocycles. The highest BCUT2D eigenvalue weighted by Crippen LogP contribution is 2.28. The van der Waals surface area contributed by atoms with Gasteiger partial charge in [-0.3, -0.25) is 0 Å². The lowest BCUT2D eigenvalue weighted by molar-refractivity contribution is 0.461. The van der Waals surface area contributed by atoms with E-state index in [1.165, 1.54) is 28.7 Å². The Morgan fingerprint density at radius 2 is 1.63 bits per heavy atom. The molecule has 0 unspecified atom stereocenters. The van der Waals surface area contributed by atoms with Crippen molar-refractivity contribution in [3.05, 3.63) is 34.4 Å². The topological polar surface area (TPSA) is 38.0 Å². The van der Waals surface area contributed by atoms with E-state index in [2.05, 4.69) is 52.1 Å². The molecule has 0 saturated heterocycles. The van der Waals surface area contributed by atoms with E-state index in [0.717, 1.165) is 26.1 Å². The summed E-state index contributed by atoms with van der Waals surface area (Å²) >= 11 is 0. The molecule has 0 aliphatic rings. The minimum absolute atomic E-state index is 0.172. The fourth-order valence-corrected chi connectivity index (χ4v) is 2.58. The summed E-state index contributed by atoms with van der Waals surface area (Å²) in [7, 11) is 0. The van der Waals surface area contributed by atoms with Crippen LogP contribution >= 0.6 is 0 Å². The number of unbranched alkanes of at least 4 members (excludes halogenated alkanes) is 1. The quantitative estimate of drug-likeness (QED) is 0.740. The first kappa shape index (κ1) is 16.2. The first-order valence-electron chi connectivity index (χ1n) is 7.37. The zero-order chi connectivity index (χ0) is 14.5. The molecule has 0 atom stereocenters. The van der Waals surface area contributed by atoms with Gasteiger partial charge in [0.05, 0.1) is 0 Å². The van der Waals surface area contributed by atoms with E-state index < -0.39 is 0 Å². The predicted octanol–water partition coefficient (Wildman–Crippen LogP) is 3.22. The first-order valence-corrected chi connectivity index (χ1v) is 7.37. The maximum Gasteiger partial charge on any atom is 0.00432 e. The molecular weight excluding hydrogens is 232 g/mol. The molecule has 2 heteroatoms. The molecule has 1 rings (SSSR count). The van der Waals surface area contributed by atoms with Crippen LogP contribution < -0.4 is 11.1 Å². The van der Waals surface area contributed by atoms with E-state index in [1.807, 2.05) is 0 Å². The summed E-state index contributed by atoms with van der Waals surface area (Å²) in [6, 6.07) is 4.66. The maximum atomic E-state index is 5.51. The molecule has 1 aromatic rings. The first-order chi connectivity index (χ1) is 8.88. The highest BCUT2D eigenvalue weighted by atomic mass is 14.9. The van der Waals surface area contributed by atoms with Gasteiger partial charge in [-0.25, -0.2) is 0 Å². The van der Waals surface area contributed by atoms with Crippen LogP contribution in [0.3, 0.4) is 0 Å². The highest BCUT2D eigenvalue weighted by molar-refractivity contribution is 5.40. The van der Waals surface area contributed by atoms with Gasteiger partial charge in [-0.2, -0.15) is 0 Å². The standard InChI is InChI=1S/C17H30N2/c1-13-10-15(3)16(11-14(13)2)17(4,5)12-19-9-7-6-8-18/h10-11,19H,6-9,12,18H2,1-5H3. The summed E-state index contributed by atoms with van der Waals surface area (Å²) in [4.78, 5) is 0. The van der Waals surface area contributed by atoms with E-state index >= 15 is 0 Å². The minimum atomic E-state index is 0.172. The van der Waals surface area contributed by atoms with E-state index in [-0.39, 0.29) is 5.41 Å². The van der Waals surface area contributed by atoms with Crippen LogP contribution in [0.1, 0.15) is 48.9 Å². The molecule has 0 aromatic heterocycles. The number of rotatable bonds is 7. The van der Waals surface area contributed by atoms with Gasteiger partial charge >= 0.3 is 0 Å². The molecular formula is C17H30N2. The van der Waals surface area contributed by atoms with Crippen LogP contribution in [0, 0.1) is 20.8 Å². The molecule has 0 fully saturated rings. The second-order valence-corrected chi connectivity index (χ2v) is 6.31. The molecule has 19 heavy (non-hydrogen) atoms. The number of benzene rings is 1. The third kappa shape index (κ3) is 4.63. The third-order valence-electron chi connectivity index (χ3n) is 3.94. The Labute approximate surface area is 118 Å². The normalized spacial score (nSPS) is 11.9. The number of hydrogen-bond donors (Lipinski definition) is 2. The van der Waals surface area contributed by atoms with Crippen molar-refractivity contribution in [3.63, 3.8) is 0 Å². The van der Waals surface area contributed by atoms with Crippen molar-refractivity contribution in [1.82, 2.24) is 5.32 Å². The van der Waals surface area contributed by atoms with Crippen LogP contribution in [0.2, 0.25) is 0 Å². The van der Waals surface area contributed by atoms with Crippen LogP contribution in [0.15, 0.2) is 12.1 Å². The van der Waals surface area contributed by atoms with E-state index in [9.17, 15) is 0 Å². The zero-order valence-electron chi connectivity index (χ0n) is 13.3. The van der Waals surface area contributed by atoms with Crippen LogP contribution in [0.5, 0.6) is 0 Å². The third-order valence-corrected chi connectivity index (χ3v) is 3.94. The van der Waals surface area contributed by atoms with Gasteiger partial charge in [-0.05, 0) is 69.0 Å². The number of nitrogens with one attached hydrogen (secondary N) is 1. The van der Waals surface area contributed by atoms with Gasteiger partial charge in [-0.1, -0.05) is 26.0 Å². The lowest BCUT2D eigenvalue weighted by Gasteiger charge is -2.28. The Balaban J connectivity index is 2.68. The monoisotopic (exact) mass is 262 g/mol. The summed E-state index contributed by atoms with van der Waals surface area (Å²) in [6.45, 7) is 14.1. The lowest BCUT2D eigenvalue weighted by atomic mass is 9.80. The number of hydrogen-bond acceptors (Lipinski definition) is 2. The van der Waals surface area contributed by atoms with Crippen LogP contribution in [-0.4, -0.2) is 19.6 Å². The van der Waals surface area contributed by atoms with Crippen molar-refractivity contribution in [2.24, 2.45) is 5.73 Å². The largest absolute Gasteiger partial charge is 0.330 e. The van der Waals surface area contributed by atoms with Crippen molar-refractivity contribution in [3.8, 4) is 0 Å². The van der Waals surface area contributed by atoms with Gasteiger partial charge in [0.25, 0.3) is 0 Å². The Morgan fingerprint density at radius 3 is 2.26 bits per heavy atom. The SMILES string of the molecule is Cc1cc(C)c(C(C)(C)CNCCCCN)cc1C. The molecule has 0 radical (unpaired) electrons. The number of nitrogens with two attached hydrogens (primary N) is 1. The fraction of sp³-hybridized carbons (Fsp3) is 0.647. The Morgan fingerprint density at radius 1 is 1.00 bits per heavy atom. The van der Waals surface area contributed by atoms with Crippen molar-refractivity contribution >= 4 is 0 Å². The molecule has 2 nitrogen and oxygen atoms in total. The molecule has 0 aliphatic heterocycles. The molecule has 0 spiro atoms. The molecule has 1 aromatic carbocycles. The van der Waals surface area contributed by atoms with Crippen molar-refractivity contribution < 1.29 is 0 Å². The smallest absolute Gasteiger partial charge is 0.00432 e. The maximum absolute atomic E-state index is 5.51. The Kier molecular flexibility index (Phi) is 6.02. The summed E-state index contributed by atoms with van der Waals surface area (Å²) < 4.78 is 0. The van der Waals surface area contributed by atoms with Gasteiger partial charge in [0.1, 0.15) is 0 Å². The van der Waals surface area contributed by atoms with Crippen LogP contribution in [0.4, 0.5) is 0 Å². The van der Waals surface area contributed by atoms with Gasteiger partial charge in [-0.15, -0.1) is 0 Å². The Bertz CT molecular complexity index is 408. The van der Waals surface area contributed by atoms with Crippen molar-refractivity contribution in [2.75, 3.05) is 19.6 Å². The molecule has 108 valence electrons. The van der Waals surface area contributed by atoms with Crippen molar-refractivity contribution in [2.45, 2.75) is 52.9 Å². The van der Waals surface area contributed by atoms with E-state index in [0.29, 0.717) is 0 Å². The van der Waals surface area contributed by atoms with Gasteiger partial charge < -0.3 is 11.1 Å². The zero-order valence-corrected chi connectivity index (χ0v) is 13.3. The average Bonchev–Trinajstić information content (AvgIpc) is 2.33. The van der Waals surface area contributed by atoms with Crippen LogP contribution in [-0.2, 0) is 5.41 Å². The molecule has 0 amide bonds. The van der Waals surface area contributed by atoms with Crippen LogP contribution in [0.25, 0.3) is 0 Å². The second-order valence-electron chi connectivity index (χ2n) is 6.31. The lowest BCUT2D eigenvalue weighted by Crippen LogP contribution is -2.34. The van der Waals surface area contributed by atoms with E-state index in [1.54, 1.807) is 0 Å². The minimum Gasteiger partial charge on any atom is -0.330 e. The molecule has 3 N–H and O–H groups in total. The second kappa shape index (κ2) is 7.06. The summed E-state index contributed by atoms with van der Waals surface area (Å²) in [5.74, 6) is 0. The number of aryl methyl sites for hydroxylation is 3. The van der Waals surface area contributed by atoms with Gasteiger partial charge in [0, 0.05) is 12.0 Å². The average molecular weight is 262 g/mol. The Hall–Kier alpha value is -0.860. The summed E-state index contributed by atoms with van der Waals surface area (Å²) in [5.41, 5.74) is 11.3. The van der Waals surface area contributed by atoms with Gasteiger partial charge in [0.15, 0.2) is 0 Å². The van der Waals surface area contributed by atoms with Crippen molar-refractivity contribution in [1.29, 1.82) is 0 Å².